The Morgan fingerprint density at radius 3 is 1.90 bits per heavy atom. The van der Waals surface area contributed by atoms with Crippen molar-refractivity contribution in [3.63, 3.8) is 0 Å². The predicted molar refractivity (Wildman–Crippen MR) is 255 cm³/mol. The van der Waals surface area contributed by atoms with Crippen molar-refractivity contribution in [2.24, 2.45) is 17.8 Å². The number of likely N-dealkylation sites (tertiary alicyclic amines) is 2. The second-order valence-electron chi connectivity index (χ2n) is 19.4. The lowest BCUT2D eigenvalue weighted by Crippen LogP contribution is -2.51. The number of halogens is 1. The van der Waals surface area contributed by atoms with E-state index in [2.05, 4.69) is 61.6 Å². The Morgan fingerprint density at radius 2 is 1.33 bits per heavy atom. The molecule has 3 aromatic carbocycles. The SMILES string of the molecule is COC(=O)N[C@H](C(=O)N1CCC[C@H]1c1ncc(-c2cc(F)c3c(c2)OC([C@H]2C[C@@H]2c2ccccc2)n2c-3cc3cc(-c4cnc([C@@H]5CCCN5C(=O)[C@@H](NC(=O)OC)C(C)C)[nH]4)ccc32)[nH]1)C(C)C. The van der Waals surface area contributed by atoms with E-state index in [1.165, 1.54) is 25.8 Å². The summed E-state index contributed by atoms with van der Waals surface area (Å²) >= 11 is 0. The number of nitrogens with zero attached hydrogens (tertiary/aromatic N) is 5. The number of imidazole rings is 2. The standard InChI is InChI=1S/C52H58FN9O7/c1-27(2)44(58-51(65)67-5)48(63)60-18-10-14-39(60)46-54-25-36(56-46)30-16-17-38-32(20-30)22-41-43-35(53)21-31(23-42(43)69-50(62(38)41)34-24-33(34)29-12-8-7-9-13-29)37-26-55-47(57-37)40-15-11-19-61(40)49(64)45(28(3)4)59-52(66)68-6/h7-9,12-13,16-17,20-23,25-28,33-34,39-40,44-45,50H,10-11,14-15,18-19,24H2,1-6H3,(H,54,56)(H,55,57)(H,58,65)(H,59,66)/t33-,34+,39+,40+,44+,45+,50?/m1/s1. The van der Waals surface area contributed by atoms with Gasteiger partial charge in [-0.25, -0.2) is 23.9 Å². The number of hydrogen-bond acceptors (Lipinski definition) is 9. The number of carbonyl (C=O) groups is 4. The fourth-order valence-electron chi connectivity index (χ4n) is 10.7. The molecule has 2 saturated heterocycles. The zero-order valence-electron chi connectivity index (χ0n) is 39.6. The molecule has 0 spiro atoms. The third-order valence-corrected chi connectivity index (χ3v) is 14.4. The van der Waals surface area contributed by atoms with Crippen LogP contribution in [0.2, 0.25) is 0 Å². The highest BCUT2D eigenvalue weighted by molar-refractivity contribution is 5.93. The molecule has 1 aliphatic carbocycles. The second kappa shape index (κ2) is 18.4. The number of alkyl carbamates (subject to hydrolysis) is 2. The number of aromatic nitrogens is 5. The number of ether oxygens (including phenoxy) is 3. The molecule has 0 bridgehead atoms. The summed E-state index contributed by atoms with van der Waals surface area (Å²) in [6.07, 6.45) is 5.59. The molecule has 17 heteroatoms. The molecule has 3 aliphatic heterocycles. The van der Waals surface area contributed by atoms with Gasteiger partial charge in [-0.15, -0.1) is 0 Å². The van der Waals surface area contributed by atoms with E-state index in [1.54, 1.807) is 22.2 Å². The molecule has 1 unspecified atom stereocenters. The quantitative estimate of drug-likeness (QED) is 0.0928. The third-order valence-electron chi connectivity index (χ3n) is 14.4. The fourth-order valence-corrected chi connectivity index (χ4v) is 10.7. The molecular formula is C52H58FN9O7. The van der Waals surface area contributed by atoms with Crippen molar-refractivity contribution in [2.45, 2.75) is 96.1 Å². The van der Waals surface area contributed by atoms with E-state index in [0.717, 1.165) is 47.8 Å². The van der Waals surface area contributed by atoms with Crippen molar-refractivity contribution in [2.75, 3.05) is 27.3 Å². The lowest BCUT2D eigenvalue weighted by atomic mass is 10.0. The number of benzene rings is 3. The van der Waals surface area contributed by atoms with Crippen molar-refractivity contribution in [1.29, 1.82) is 0 Å². The van der Waals surface area contributed by atoms with Crippen LogP contribution in [-0.2, 0) is 19.1 Å². The molecule has 4 amide bonds. The Balaban J connectivity index is 0.961. The first kappa shape index (κ1) is 45.6. The van der Waals surface area contributed by atoms with Gasteiger partial charge < -0.3 is 49.2 Å². The number of aromatic amines is 2. The van der Waals surface area contributed by atoms with Crippen molar-refractivity contribution in [3.05, 3.63) is 102 Å². The molecule has 4 aliphatic rings. The van der Waals surface area contributed by atoms with Crippen LogP contribution >= 0.6 is 0 Å². The summed E-state index contributed by atoms with van der Waals surface area (Å²) in [6, 6.07) is 19.8. The lowest BCUT2D eigenvalue weighted by molar-refractivity contribution is -0.136. The van der Waals surface area contributed by atoms with Crippen LogP contribution in [0.3, 0.4) is 0 Å². The van der Waals surface area contributed by atoms with Crippen LogP contribution in [0.15, 0.2) is 79.1 Å². The molecule has 69 heavy (non-hydrogen) atoms. The summed E-state index contributed by atoms with van der Waals surface area (Å²) in [6.45, 7) is 8.59. The van der Waals surface area contributed by atoms with Crippen molar-refractivity contribution < 1.29 is 37.8 Å². The molecule has 3 fully saturated rings. The normalized spacial score (nSPS) is 21.4. The molecule has 3 aromatic heterocycles. The molecule has 360 valence electrons. The van der Waals surface area contributed by atoms with Gasteiger partial charge in [-0.3, -0.25) is 9.59 Å². The van der Waals surface area contributed by atoms with Gasteiger partial charge in [0, 0.05) is 35.5 Å². The summed E-state index contributed by atoms with van der Waals surface area (Å²) in [5, 5.41) is 6.31. The Kier molecular flexibility index (Phi) is 12.2. The first-order valence-electron chi connectivity index (χ1n) is 23.9. The summed E-state index contributed by atoms with van der Waals surface area (Å²) in [7, 11) is 2.55. The maximum absolute atomic E-state index is 16.9. The Bertz CT molecular complexity index is 2930. The number of fused-ring (bicyclic) bond motifs is 5. The highest BCUT2D eigenvalue weighted by Crippen LogP contribution is 2.58. The predicted octanol–water partition coefficient (Wildman–Crippen LogP) is 9.01. The van der Waals surface area contributed by atoms with Crippen LogP contribution in [0.1, 0.15) is 101 Å². The summed E-state index contributed by atoms with van der Waals surface area (Å²) in [5.74, 6) is 0.911. The minimum absolute atomic E-state index is 0.125. The molecule has 1 saturated carbocycles. The Hall–Kier alpha value is -7.17. The number of methoxy groups -OCH3 is 2. The molecule has 6 heterocycles. The topological polar surface area (TPSA) is 189 Å². The minimum Gasteiger partial charge on any atom is -0.469 e. The van der Waals surface area contributed by atoms with Gasteiger partial charge in [0.05, 0.1) is 66.9 Å². The Labute approximate surface area is 399 Å². The van der Waals surface area contributed by atoms with Gasteiger partial charge >= 0.3 is 12.2 Å². The first-order chi connectivity index (χ1) is 33.3. The molecule has 0 radical (unpaired) electrons. The highest BCUT2D eigenvalue weighted by atomic mass is 19.1. The molecule has 10 rings (SSSR count). The van der Waals surface area contributed by atoms with E-state index in [-0.39, 0.29) is 47.6 Å². The van der Waals surface area contributed by atoms with E-state index >= 15 is 4.39 Å². The van der Waals surface area contributed by atoms with Gasteiger partial charge in [0.1, 0.15) is 35.3 Å². The van der Waals surface area contributed by atoms with E-state index in [0.29, 0.717) is 59.4 Å². The fraction of sp³-hybridized carbons (Fsp3) is 0.423. The monoisotopic (exact) mass is 939 g/mol. The largest absolute Gasteiger partial charge is 0.469 e. The summed E-state index contributed by atoms with van der Waals surface area (Å²) in [4.78, 5) is 71.9. The number of amides is 4. The van der Waals surface area contributed by atoms with Gasteiger partial charge in [0.25, 0.3) is 0 Å². The zero-order chi connectivity index (χ0) is 48.2. The lowest BCUT2D eigenvalue weighted by Gasteiger charge is -2.31. The molecule has 16 nitrogen and oxygen atoms in total. The number of nitrogens with one attached hydrogen (secondary N) is 4. The first-order valence-corrected chi connectivity index (χ1v) is 23.9. The highest BCUT2D eigenvalue weighted by Gasteiger charge is 2.49. The van der Waals surface area contributed by atoms with E-state index in [9.17, 15) is 19.2 Å². The number of H-pyrrole nitrogens is 2. The summed E-state index contributed by atoms with van der Waals surface area (Å²) < 4.78 is 35.7. The average Bonchev–Trinajstić information content (AvgIpc) is 4.01. The van der Waals surface area contributed by atoms with Crippen molar-refractivity contribution in [3.8, 4) is 39.5 Å². The number of carbonyl (C=O) groups excluding carboxylic acids is 4. The Morgan fingerprint density at radius 1 is 0.754 bits per heavy atom. The van der Waals surface area contributed by atoms with Crippen LogP contribution in [-0.4, -0.2) is 97.7 Å². The summed E-state index contributed by atoms with van der Waals surface area (Å²) in [5.41, 5.74) is 6.04. The van der Waals surface area contributed by atoms with Crippen LogP contribution in [0.4, 0.5) is 14.0 Å². The van der Waals surface area contributed by atoms with Gasteiger partial charge in [-0.05, 0) is 85.8 Å². The number of hydrogen-bond donors (Lipinski definition) is 4. The van der Waals surface area contributed by atoms with Crippen molar-refractivity contribution in [1.82, 2.24) is 44.9 Å². The maximum atomic E-state index is 16.9. The zero-order valence-corrected chi connectivity index (χ0v) is 39.6. The maximum Gasteiger partial charge on any atom is 0.407 e. The molecule has 4 N–H and O–H groups in total. The van der Waals surface area contributed by atoms with Gasteiger partial charge in [-0.2, -0.15) is 0 Å². The van der Waals surface area contributed by atoms with Gasteiger partial charge in [0.2, 0.25) is 11.8 Å². The van der Waals surface area contributed by atoms with Crippen molar-refractivity contribution >= 4 is 34.9 Å². The number of rotatable bonds is 12. The minimum atomic E-state index is -0.768. The van der Waals surface area contributed by atoms with Crippen LogP contribution in [0.5, 0.6) is 5.75 Å². The van der Waals surface area contributed by atoms with Crippen LogP contribution in [0, 0.1) is 23.6 Å². The van der Waals surface area contributed by atoms with Gasteiger partial charge in [0.15, 0.2) is 6.23 Å². The van der Waals surface area contributed by atoms with E-state index in [4.69, 9.17) is 24.2 Å². The molecule has 7 atom stereocenters. The smallest absolute Gasteiger partial charge is 0.407 e. The van der Waals surface area contributed by atoms with Gasteiger partial charge in [-0.1, -0.05) is 64.1 Å². The van der Waals surface area contributed by atoms with Crippen LogP contribution in [0.25, 0.3) is 44.7 Å². The second-order valence-corrected chi connectivity index (χ2v) is 19.4. The van der Waals surface area contributed by atoms with E-state index < -0.39 is 36.3 Å². The molecular weight excluding hydrogens is 882 g/mol. The van der Waals surface area contributed by atoms with E-state index in [1.807, 2.05) is 52.0 Å². The molecule has 6 aromatic rings. The average molecular weight is 940 g/mol. The third kappa shape index (κ3) is 8.45. The van der Waals surface area contributed by atoms with Crippen LogP contribution < -0.4 is 15.4 Å².